The zero-order valence-electron chi connectivity index (χ0n) is 10.5. The smallest absolute Gasteiger partial charge is 0.169 e. The van der Waals surface area contributed by atoms with Gasteiger partial charge in [0.15, 0.2) is 10.9 Å². The van der Waals surface area contributed by atoms with Gasteiger partial charge in [-0.05, 0) is 6.42 Å². The van der Waals surface area contributed by atoms with Gasteiger partial charge in [0.05, 0.1) is 13.2 Å². The number of rotatable bonds is 2. The van der Waals surface area contributed by atoms with Crippen LogP contribution in [0.25, 0.3) is 0 Å². The van der Waals surface area contributed by atoms with Crippen molar-refractivity contribution in [1.82, 2.24) is 9.55 Å². The summed E-state index contributed by atoms with van der Waals surface area (Å²) < 4.78 is 13.6. The fourth-order valence-corrected chi connectivity index (χ4v) is 3.89. The van der Waals surface area contributed by atoms with Crippen LogP contribution in [0, 0.1) is 0 Å². The zero-order chi connectivity index (χ0) is 12.6. The number of ether oxygens (including phenoxy) is 2. The fourth-order valence-electron chi connectivity index (χ4n) is 2.62. The number of hydrogen-bond acceptors (Lipinski definition) is 5. The molecule has 3 rings (SSSR count). The van der Waals surface area contributed by atoms with Crippen LogP contribution in [0.3, 0.4) is 0 Å². The van der Waals surface area contributed by atoms with Crippen LogP contribution in [-0.4, -0.2) is 39.8 Å². The number of aromatic nitrogens is 2. The predicted molar refractivity (Wildman–Crippen MR) is 69.3 cm³/mol. The highest BCUT2D eigenvalue weighted by atomic mass is 32.2. The minimum atomic E-state index is -0.376. The van der Waals surface area contributed by atoms with Crippen molar-refractivity contribution in [3.63, 3.8) is 0 Å². The third kappa shape index (κ3) is 2.30. The Morgan fingerprint density at radius 2 is 2.28 bits per heavy atom. The monoisotopic (exact) mass is 269 g/mol. The van der Waals surface area contributed by atoms with E-state index in [2.05, 4.69) is 4.98 Å². The maximum atomic E-state index is 6.23. The van der Waals surface area contributed by atoms with Crippen molar-refractivity contribution < 1.29 is 9.47 Å². The Morgan fingerprint density at radius 3 is 2.94 bits per heavy atom. The Balaban J connectivity index is 1.72. The molecule has 100 valence electrons. The first kappa shape index (κ1) is 12.5. The van der Waals surface area contributed by atoms with E-state index in [1.165, 1.54) is 0 Å². The molecule has 2 heterocycles. The van der Waals surface area contributed by atoms with Gasteiger partial charge in [0.25, 0.3) is 0 Å². The van der Waals surface area contributed by atoms with Crippen molar-refractivity contribution in [3.8, 4) is 0 Å². The first-order valence-corrected chi connectivity index (χ1v) is 7.24. The molecule has 2 N–H and O–H groups in total. The lowest BCUT2D eigenvalue weighted by atomic mass is 9.90. The fraction of sp³-hybridized carbons (Fsp3) is 0.750. The van der Waals surface area contributed by atoms with E-state index in [9.17, 15) is 0 Å². The van der Waals surface area contributed by atoms with Gasteiger partial charge in [-0.15, -0.1) is 0 Å². The molecule has 0 bridgehead atoms. The normalized spacial score (nSPS) is 31.0. The lowest BCUT2D eigenvalue weighted by molar-refractivity contribution is -0.176. The van der Waals surface area contributed by atoms with Crippen molar-refractivity contribution >= 4 is 11.8 Å². The molecule has 1 aromatic rings. The number of nitrogens with two attached hydrogens (primary N) is 1. The highest BCUT2D eigenvalue weighted by Crippen LogP contribution is 2.41. The molecule has 5 nitrogen and oxygen atoms in total. The minimum Gasteiger partial charge on any atom is -0.347 e. The highest BCUT2D eigenvalue weighted by Gasteiger charge is 2.44. The maximum absolute atomic E-state index is 6.23. The van der Waals surface area contributed by atoms with Gasteiger partial charge in [0.2, 0.25) is 0 Å². The second kappa shape index (κ2) is 4.85. The zero-order valence-corrected chi connectivity index (χ0v) is 11.4. The molecule has 2 fully saturated rings. The van der Waals surface area contributed by atoms with Crippen molar-refractivity contribution in [2.45, 2.75) is 41.5 Å². The summed E-state index contributed by atoms with van der Waals surface area (Å²) in [6.45, 7) is 1.41. The number of thioether (sulfide) groups is 1. The number of imidazole rings is 1. The van der Waals surface area contributed by atoms with E-state index in [4.69, 9.17) is 15.2 Å². The highest BCUT2D eigenvalue weighted by molar-refractivity contribution is 7.99. The average molecular weight is 269 g/mol. The maximum Gasteiger partial charge on any atom is 0.169 e. The molecule has 0 radical (unpaired) electrons. The molecule has 6 heteroatoms. The van der Waals surface area contributed by atoms with Crippen LogP contribution in [0.2, 0.25) is 0 Å². The molecular weight excluding hydrogens is 250 g/mol. The van der Waals surface area contributed by atoms with Gasteiger partial charge in [-0.1, -0.05) is 11.8 Å². The van der Waals surface area contributed by atoms with Crippen molar-refractivity contribution in [2.24, 2.45) is 12.8 Å². The second-order valence-electron chi connectivity index (χ2n) is 4.99. The molecule has 1 aromatic heterocycles. The summed E-state index contributed by atoms with van der Waals surface area (Å²) >= 11 is 1.73. The van der Waals surface area contributed by atoms with Gasteiger partial charge in [0, 0.05) is 43.6 Å². The molecule has 1 aliphatic heterocycles. The largest absolute Gasteiger partial charge is 0.347 e. The first-order chi connectivity index (χ1) is 8.69. The summed E-state index contributed by atoms with van der Waals surface area (Å²) in [5, 5.41) is 1.31. The van der Waals surface area contributed by atoms with Gasteiger partial charge in [-0.3, -0.25) is 0 Å². The van der Waals surface area contributed by atoms with Crippen molar-refractivity contribution in [2.75, 3.05) is 13.2 Å². The molecule has 1 aliphatic carbocycles. The third-order valence-corrected chi connectivity index (χ3v) is 5.12. The van der Waals surface area contributed by atoms with E-state index in [0.717, 1.165) is 24.4 Å². The molecule has 1 spiro atoms. The van der Waals surface area contributed by atoms with Gasteiger partial charge in [-0.2, -0.15) is 0 Å². The quantitative estimate of drug-likeness (QED) is 0.872. The Kier molecular flexibility index (Phi) is 3.36. The summed E-state index contributed by atoms with van der Waals surface area (Å²) in [6.07, 6.45) is 6.48. The summed E-state index contributed by atoms with van der Waals surface area (Å²) in [5.41, 5.74) is 6.23. The SMILES string of the molecule is Cn1ccnc1SC1CC2(CCC1N)OCCO2. The molecular formula is C12H19N3O2S. The van der Waals surface area contributed by atoms with E-state index in [1.54, 1.807) is 11.8 Å². The van der Waals surface area contributed by atoms with E-state index >= 15 is 0 Å². The van der Waals surface area contributed by atoms with Crippen LogP contribution in [0.4, 0.5) is 0 Å². The van der Waals surface area contributed by atoms with Gasteiger partial charge in [0.1, 0.15) is 0 Å². The number of aryl methyl sites for hydroxylation is 1. The van der Waals surface area contributed by atoms with Crippen molar-refractivity contribution in [1.29, 1.82) is 0 Å². The second-order valence-corrected chi connectivity index (χ2v) is 6.20. The summed E-state index contributed by atoms with van der Waals surface area (Å²) in [4.78, 5) is 4.35. The minimum absolute atomic E-state index is 0.185. The van der Waals surface area contributed by atoms with Crippen molar-refractivity contribution in [3.05, 3.63) is 12.4 Å². The first-order valence-electron chi connectivity index (χ1n) is 6.36. The molecule has 2 atom stereocenters. The molecule has 0 aromatic carbocycles. The van der Waals surface area contributed by atoms with Gasteiger partial charge in [-0.25, -0.2) is 4.98 Å². The van der Waals surface area contributed by atoms with E-state index in [-0.39, 0.29) is 11.8 Å². The number of nitrogens with zero attached hydrogens (tertiary/aromatic N) is 2. The van der Waals surface area contributed by atoms with Crippen LogP contribution < -0.4 is 5.73 Å². The molecule has 0 amide bonds. The Morgan fingerprint density at radius 1 is 1.50 bits per heavy atom. The molecule has 18 heavy (non-hydrogen) atoms. The summed E-state index contributed by atoms with van der Waals surface area (Å²) in [6, 6.07) is 0.185. The Hall–Kier alpha value is -0.560. The Labute approximate surface area is 111 Å². The third-order valence-electron chi connectivity index (χ3n) is 3.70. The topological polar surface area (TPSA) is 62.3 Å². The van der Waals surface area contributed by atoms with Crippen LogP contribution in [0.15, 0.2) is 17.6 Å². The molecule has 1 saturated heterocycles. The average Bonchev–Trinajstić information content (AvgIpc) is 2.96. The van der Waals surface area contributed by atoms with Crippen LogP contribution >= 0.6 is 11.8 Å². The van der Waals surface area contributed by atoms with E-state index in [1.807, 2.05) is 24.0 Å². The van der Waals surface area contributed by atoms with E-state index in [0.29, 0.717) is 18.5 Å². The molecule has 2 aliphatic rings. The molecule has 1 saturated carbocycles. The van der Waals surface area contributed by atoms with E-state index < -0.39 is 0 Å². The molecule has 2 unspecified atom stereocenters. The lowest BCUT2D eigenvalue weighted by Gasteiger charge is -2.39. The van der Waals surface area contributed by atoms with Crippen LogP contribution in [0.1, 0.15) is 19.3 Å². The lowest BCUT2D eigenvalue weighted by Crippen LogP contribution is -2.47. The van der Waals surface area contributed by atoms with Crippen LogP contribution in [0.5, 0.6) is 0 Å². The summed E-state index contributed by atoms with van der Waals surface area (Å²) in [7, 11) is 2.00. The predicted octanol–water partition coefficient (Wildman–Crippen LogP) is 1.14. The van der Waals surface area contributed by atoms with Gasteiger partial charge < -0.3 is 19.8 Å². The Bertz CT molecular complexity index is 417. The van der Waals surface area contributed by atoms with Crippen LogP contribution in [-0.2, 0) is 16.5 Å². The standard InChI is InChI=1S/C12H19N3O2S/c1-15-5-4-14-11(15)18-10-8-12(3-2-9(10)13)16-6-7-17-12/h4-5,9-10H,2-3,6-8,13H2,1H3. The number of hydrogen-bond donors (Lipinski definition) is 1. The van der Waals surface area contributed by atoms with Gasteiger partial charge >= 0.3 is 0 Å². The summed E-state index contributed by atoms with van der Waals surface area (Å²) in [5.74, 6) is -0.376.